The van der Waals surface area contributed by atoms with Gasteiger partial charge in [-0.15, -0.1) is 6.58 Å². The molecule has 1 amide bonds. The number of amides is 1. The number of hydrogen-bond donors (Lipinski definition) is 1. The highest BCUT2D eigenvalue weighted by Gasteiger charge is 2.73. The standard InChI is InChI=1S/C32H36N2O3/c1-4-18-33-19-17-31-29-24-11-8-12-26(29)37-30(31)25(15-16-32(31,36)27(33)20-24)34(21-22(2)3)28(35)14-13-23-9-6-5-7-10-23/h4-12,22,25,27,30,36H,1,15-21H2,2-3H3/t25-,27-,30+,31+,32-/m1/s1. The Labute approximate surface area is 220 Å². The minimum atomic E-state index is -0.905. The monoisotopic (exact) mass is 496 g/mol. The van der Waals surface area contributed by atoms with E-state index in [1.165, 1.54) is 11.1 Å². The van der Waals surface area contributed by atoms with Gasteiger partial charge < -0.3 is 14.7 Å². The molecule has 0 radical (unpaired) electrons. The lowest BCUT2D eigenvalue weighted by Gasteiger charge is -2.64. The van der Waals surface area contributed by atoms with Gasteiger partial charge in [-0.1, -0.05) is 56.2 Å². The number of ether oxygens (including phenoxy) is 1. The van der Waals surface area contributed by atoms with Crippen LogP contribution in [0.3, 0.4) is 0 Å². The summed E-state index contributed by atoms with van der Waals surface area (Å²) in [5.74, 6) is 6.99. The highest BCUT2D eigenvalue weighted by molar-refractivity contribution is 5.94. The summed E-state index contributed by atoms with van der Waals surface area (Å²) in [6.45, 7) is 10.5. The van der Waals surface area contributed by atoms with Gasteiger partial charge in [0.1, 0.15) is 11.9 Å². The molecule has 0 aromatic heterocycles. The normalized spacial score (nSPS) is 31.1. The van der Waals surface area contributed by atoms with Crippen molar-refractivity contribution in [3.63, 3.8) is 0 Å². The molecule has 2 aromatic carbocycles. The molecule has 192 valence electrons. The largest absolute Gasteiger partial charge is 0.487 e. The molecule has 2 aliphatic carbocycles. The van der Waals surface area contributed by atoms with Crippen LogP contribution in [0.4, 0.5) is 0 Å². The summed E-state index contributed by atoms with van der Waals surface area (Å²) >= 11 is 0. The molecule has 1 N–H and O–H groups in total. The van der Waals surface area contributed by atoms with Crippen LogP contribution >= 0.6 is 0 Å². The zero-order chi connectivity index (χ0) is 25.8. The van der Waals surface area contributed by atoms with Crippen molar-refractivity contribution in [3.8, 4) is 17.6 Å². The molecule has 6 rings (SSSR count). The maximum atomic E-state index is 13.7. The molecule has 0 unspecified atom stereocenters. The van der Waals surface area contributed by atoms with Crippen molar-refractivity contribution >= 4 is 5.91 Å². The van der Waals surface area contributed by atoms with Crippen LogP contribution in [0.1, 0.15) is 49.8 Å². The third-order valence-corrected chi connectivity index (χ3v) is 9.11. The zero-order valence-electron chi connectivity index (χ0n) is 21.8. The highest BCUT2D eigenvalue weighted by atomic mass is 16.5. The number of aliphatic hydroxyl groups is 1. The van der Waals surface area contributed by atoms with E-state index in [2.05, 4.69) is 49.3 Å². The molecule has 37 heavy (non-hydrogen) atoms. The summed E-state index contributed by atoms with van der Waals surface area (Å²) < 4.78 is 6.79. The van der Waals surface area contributed by atoms with Gasteiger partial charge in [-0.2, -0.15) is 0 Å². The van der Waals surface area contributed by atoms with Crippen LogP contribution in [0, 0.1) is 17.8 Å². The molecule has 2 bridgehead atoms. The first-order chi connectivity index (χ1) is 17.9. The van der Waals surface area contributed by atoms with Crippen LogP contribution in [-0.4, -0.2) is 64.2 Å². The number of likely N-dealkylation sites (tertiary alicyclic amines) is 1. The first kappa shape index (κ1) is 24.3. The van der Waals surface area contributed by atoms with E-state index in [4.69, 9.17) is 4.74 Å². The number of nitrogens with zero attached hydrogens (tertiary/aromatic N) is 2. The molecule has 4 aliphatic rings. The number of rotatable bonds is 5. The first-order valence-corrected chi connectivity index (χ1v) is 13.6. The Morgan fingerprint density at radius 2 is 2.05 bits per heavy atom. The lowest BCUT2D eigenvalue weighted by Crippen LogP contribution is -2.78. The third kappa shape index (κ3) is 3.57. The van der Waals surface area contributed by atoms with E-state index in [0.717, 1.165) is 37.2 Å². The molecule has 2 fully saturated rings. The van der Waals surface area contributed by atoms with E-state index in [9.17, 15) is 9.90 Å². The number of piperidine rings is 1. The fourth-order valence-corrected chi connectivity index (χ4v) is 7.76. The zero-order valence-corrected chi connectivity index (χ0v) is 21.8. The lowest BCUT2D eigenvalue weighted by molar-refractivity contribution is -0.199. The summed E-state index contributed by atoms with van der Waals surface area (Å²) in [5.41, 5.74) is 1.86. The Hall–Kier alpha value is -3.07. The second-order valence-corrected chi connectivity index (χ2v) is 11.6. The molecule has 5 atom stereocenters. The second kappa shape index (κ2) is 9.04. The molecule has 5 nitrogen and oxygen atoms in total. The van der Waals surface area contributed by atoms with Crippen molar-refractivity contribution in [3.05, 3.63) is 77.9 Å². The average molecular weight is 497 g/mol. The predicted octanol–water partition coefficient (Wildman–Crippen LogP) is 3.93. The van der Waals surface area contributed by atoms with E-state index in [1.807, 2.05) is 47.4 Å². The molecule has 2 aliphatic heterocycles. The van der Waals surface area contributed by atoms with Crippen molar-refractivity contribution in [1.29, 1.82) is 0 Å². The summed E-state index contributed by atoms with van der Waals surface area (Å²) in [7, 11) is 0. The van der Waals surface area contributed by atoms with E-state index in [0.29, 0.717) is 19.4 Å². The SMILES string of the molecule is C=CCN1CC[C@]23c4c5cccc4O[C@H]2[C@H](N(CC(C)C)C(=O)C#Cc2ccccc2)CC[C@@]3(O)[C@H]1C5. The fourth-order valence-electron chi connectivity index (χ4n) is 7.76. The summed E-state index contributed by atoms with van der Waals surface area (Å²) in [5, 5.41) is 12.6. The quantitative estimate of drug-likeness (QED) is 0.504. The van der Waals surface area contributed by atoms with Crippen LogP contribution in [0.25, 0.3) is 0 Å². The number of hydrogen-bond acceptors (Lipinski definition) is 4. The van der Waals surface area contributed by atoms with Crippen molar-refractivity contribution in [1.82, 2.24) is 9.80 Å². The minimum absolute atomic E-state index is 0.0132. The summed E-state index contributed by atoms with van der Waals surface area (Å²) in [6, 6.07) is 15.8. The van der Waals surface area contributed by atoms with E-state index in [1.54, 1.807) is 0 Å². The smallest absolute Gasteiger partial charge is 0.299 e. The van der Waals surface area contributed by atoms with Gasteiger partial charge in [0.15, 0.2) is 0 Å². The molecule has 2 heterocycles. The molecule has 1 saturated heterocycles. The maximum absolute atomic E-state index is 13.7. The van der Waals surface area contributed by atoms with Gasteiger partial charge in [-0.3, -0.25) is 9.69 Å². The topological polar surface area (TPSA) is 53.0 Å². The Balaban J connectivity index is 1.42. The van der Waals surface area contributed by atoms with Crippen molar-refractivity contribution < 1.29 is 14.6 Å². The van der Waals surface area contributed by atoms with Gasteiger partial charge >= 0.3 is 0 Å². The number of benzene rings is 2. The Kier molecular flexibility index (Phi) is 5.93. The minimum Gasteiger partial charge on any atom is -0.487 e. The van der Waals surface area contributed by atoms with Gasteiger partial charge in [0.2, 0.25) is 0 Å². The van der Waals surface area contributed by atoms with Gasteiger partial charge in [-0.05, 0) is 61.9 Å². The van der Waals surface area contributed by atoms with Gasteiger partial charge in [0.05, 0.1) is 17.1 Å². The Morgan fingerprint density at radius 3 is 2.81 bits per heavy atom. The van der Waals surface area contributed by atoms with Crippen LogP contribution in [0.15, 0.2) is 61.2 Å². The molecular weight excluding hydrogens is 460 g/mol. The van der Waals surface area contributed by atoms with E-state index in [-0.39, 0.29) is 30.0 Å². The van der Waals surface area contributed by atoms with Gasteiger partial charge in [0, 0.05) is 36.2 Å². The van der Waals surface area contributed by atoms with Gasteiger partial charge in [0.25, 0.3) is 5.91 Å². The van der Waals surface area contributed by atoms with E-state index >= 15 is 0 Å². The predicted molar refractivity (Wildman–Crippen MR) is 144 cm³/mol. The van der Waals surface area contributed by atoms with E-state index < -0.39 is 11.0 Å². The fraction of sp³-hybridized carbons (Fsp3) is 0.469. The lowest BCUT2D eigenvalue weighted by atomic mass is 9.48. The van der Waals surface area contributed by atoms with Crippen LogP contribution < -0.4 is 4.74 Å². The van der Waals surface area contributed by atoms with Crippen molar-refractivity contribution in [2.45, 2.75) is 68.7 Å². The third-order valence-electron chi connectivity index (χ3n) is 9.11. The van der Waals surface area contributed by atoms with Crippen LogP contribution in [-0.2, 0) is 16.6 Å². The molecule has 2 aromatic rings. The van der Waals surface area contributed by atoms with Crippen LogP contribution in [0.2, 0.25) is 0 Å². The van der Waals surface area contributed by atoms with Crippen molar-refractivity contribution in [2.24, 2.45) is 5.92 Å². The summed E-state index contributed by atoms with van der Waals surface area (Å²) in [4.78, 5) is 18.0. The Bertz CT molecular complexity index is 1280. The van der Waals surface area contributed by atoms with Gasteiger partial charge in [-0.25, -0.2) is 0 Å². The number of carbonyl (C=O) groups excluding carboxylic acids is 1. The Morgan fingerprint density at radius 1 is 1.24 bits per heavy atom. The maximum Gasteiger partial charge on any atom is 0.299 e. The average Bonchev–Trinajstić information content (AvgIpc) is 3.23. The first-order valence-electron chi connectivity index (χ1n) is 13.6. The van der Waals surface area contributed by atoms with Crippen LogP contribution in [0.5, 0.6) is 5.75 Å². The molecular formula is C32H36N2O3. The number of carbonyl (C=O) groups is 1. The molecule has 5 heteroatoms. The second-order valence-electron chi connectivity index (χ2n) is 11.6. The molecule has 1 saturated carbocycles. The highest BCUT2D eigenvalue weighted by Crippen LogP contribution is 2.64. The van der Waals surface area contributed by atoms with Crippen molar-refractivity contribution in [2.75, 3.05) is 19.6 Å². The molecule has 1 spiro atoms. The summed E-state index contributed by atoms with van der Waals surface area (Å²) in [6.07, 6.45) is 4.59.